The highest BCUT2D eigenvalue weighted by Gasteiger charge is 2.21. The number of aryl methyl sites for hydroxylation is 1. The second-order valence-electron chi connectivity index (χ2n) is 5.20. The Morgan fingerprint density at radius 1 is 1.35 bits per heavy atom. The van der Waals surface area contributed by atoms with Crippen molar-refractivity contribution in [3.8, 4) is 5.82 Å². The van der Waals surface area contributed by atoms with Gasteiger partial charge in [-0.25, -0.2) is 19.2 Å². The number of fused-ring (bicyclic) bond motifs is 1. The zero-order chi connectivity index (χ0) is 16.6. The lowest BCUT2D eigenvalue weighted by molar-refractivity contribution is 0.190. The average Bonchev–Trinajstić information content (AvgIpc) is 2.91. The van der Waals surface area contributed by atoms with E-state index in [1.54, 1.807) is 42.8 Å². The molecular formula is C16H15FN4O2. The van der Waals surface area contributed by atoms with Gasteiger partial charge in [0.05, 0.1) is 17.1 Å². The van der Waals surface area contributed by atoms with Gasteiger partial charge in [0.2, 0.25) is 0 Å². The fraction of sp³-hybridized carbons (Fsp3) is 0.188. The lowest BCUT2D eigenvalue weighted by Crippen LogP contribution is -2.26. The largest absolute Gasteiger partial charge is 0.465 e. The number of nitrogens with zero attached hydrogens (tertiary/aromatic N) is 3. The molecule has 23 heavy (non-hydrogen) atoms. The van der Waals surface area contributed by atoms with Gasteiger partial charge in [0.15, 0.2) is 0 Å². The first-order chi connectivity index (χ1) is 11.0. The zero-order valence-electron chi connectivity index (χ0n) is 12.6. The van der Waals surface area contributed by atoms with E-state index in [9.17, 15) is 9.18 Å². The summed E-state index contributed by atoms with van der Waals surface area (Å²) in [7, 11) is 0. The molecule has 0 fully saturated rings. The van der Waals surface area contributed by atoms with Crippen LogP contribution < -0.4 is 5.32 Å². The molecule has 0 aliphatic heterocycles. The van der Waals surface area contributed by atoms with Gasteiger partial charge in [-0.3, -0.25) is 4.57 Å². The predicted octanol–water partition coefficient (Wildman–Crippen LogP) is 3.20. The molecule has 6 nitrogen and oxygen atoms in total. The number of aromatic nitrogens is 3. The van der Waals surface area contributed by atoms with Gasteiger partial charge in [0.25, 0.3) is 0 Å². The van der Waals surface area contributed by atoms with Crippen molar-refractivity contribution in [1.29, 1.82) is 0 Å². The Bertz CT molecular complexity index is 877. The van der Waals surface area contributed by atoms with Crippen molar-refractivity contribution < 1.29 is 14.3 Å². The molecule has 0 spiro atoms. The molecule has 1 amide bonds. The Labute approximate surface area is 131 Å². The number of amides is 1. The van der Waals surface area contributed by atoms with E-state index in [1.807, 2.05) is 6.07 Å². The highest BCUT2D eigenvalue weighted by atomic mass is 19.1. The molecule has 0 saturated heterocycles. The third-order valence-electron chi connectivity index (χ3n) is 3.64. The lowest BCUT2D eigenvalue weighted by atomic mass is 10.2. The quantitative estimate of drug-likeness (QED) is 0.778. The molecule has 118 valence electrons. The topological polar surface area (TPSA) is 80.0 Å². The summed E-state index contributed by atoms with van der Waals surface area (Å²) >= 11 is 0. The second-order valence-corrected chi connectivity index (χ2v) is 5.20. The summed E-state index contributed by atoms with van der Waals surface area (Å²) in [5, 5.41) is 11.3. The Hall–Kier alpha value is -2.96. The van der Waals surface area contributed by atoms with Gasteiger partial charge in [-0.1, -0.05) is 6.07 Å². The Balaban J connectivity index is 2.31. The van der Waals surface area contributed by atoms with Crippen LogP contribution in [0, 0.1) is 12.7 Å². The normalized spacial score (nSPS) is 12.3. The number of imidazole rings is 1. The van der Waals surface area contributed by atoms with Crippen molar-refractivity contribution in [1.82, 2.24) is 19.9 Å². The summed E-state index contributed by atoms with van der Waals surface area (Å²) in [6, 6.07) is 7.70. The van der Waals surface area contributed by atoms with Crippen LogP contribution in [0.1, 0.15) is 24.4 Å². The standard InChI is InChI=1S/C16H15FN4O2/c1-9-11(17)6-7-12-14(9)21(13-5-3-4-8-18-13)15(20-12)10(2)19-16(22)23/h3-8,10,19H,1-2H3,(H,22,23)/t10-/m0/s1. The first kappa shape index (κ1) is 15.0. The van der Waals surface area contributed by atoms with Crippen LogP contribution in [0.5, 0.6) is 0 Å². The van der Waals surface area contributed by atoms with Crippen LogP contribution in [-0.4, -0.2) is 25.7 Å². The summed E-state index contributed by atoms with van der Waals surface area (Å²) in [4.78, 5) is 19.7. The highest BCUT2D eigenvalue weighted by Crippen LogP contribution is 2.28. The van der Waals surface area contributed by atoms with Crippen molar-refractivity contribution >= 4 is 17.1 Å². The summed E-state index contributed by atoms with van der Waals surface area (Å²) in [6.45, 7) is 3.35. The first-order valence-corrected chi connectivity index (χ1v) is 7.07. The number of carboxylic acid groups (broad SMARTS) is 1. The minimum atomic E-state index is -1.15. The molecule has 0 aliphatic rings. The average molecular weight is 314 g/mol. The number of nitrogens with one attached hydrogen (secondary N) is 1. The molecule has 2 aromatic heterocycles. The van der Waals surface area contributed by atoms with Crippen LogP contribution in [0.4, 0.5) is 9.18 Å². The highest BCUT2D eigenvalue weighted by molar-refractivity contribution is 5.82. The van der Waals surface area contributed by atoms with E-state index in [-0.39, 0.29) is 5.82 Å². The van der Waals surface area contributed by atoms with E-state index in [0.717, 1.165) is 0 Å². The maximum absolute atomic E-state index is 14.0. The van der Waals surface area contributed by atoms with E-state index < -0.39 is 12.1 Å². The molecule has 7 heteroatoms. The third-order valence-corrected chi connectivity index (χ3v) is 3.64. The summed E-state index contributed by atoms with van der Waals surface area (Å²) in [5.74, 6) is 0.660. The Morgan fingerprint density at radius 3 is 2.78 bits per heavy atom. The number of hydrogen-bond donors (Lipinski definition) is 2. The smallest absolute Gasteiger partial charge is 0.405 e. The predicted molar refractivity (Wildman–Crippen MR) is 83.1 cm³/mol. The van der Waals surface area contributed by atoms with Crippen molar-refractivity contribution in [2.24, 2.45) is 0 Å². The summed E-state index contributed by atoms with van der Waals surface area (Å²) in [5.41, 5.74) is 1.61. The van der Waals surface area contributed by atoms with E-state index in [1.165, 1.54) is 6.07 Å². The molecule has 2 heterocycles. The van der Waals surface area contributed by atoms with Crippen LogP contribution >= 0.6 is 0 Å². The molecule has 1 atom stereocenters. The van der Waals surface area contributed by atoms with Crippen molar-refractivity contribution in [3.63, 3.8) is 0 Å². The number of halogens is 1. The van der Waals surface area contributed by atoms with Gasteiger partial charge in [-0.05, 0) is 38.1 Å². The lowest BCUT2D eigenvalue weighted by Gasteiger charge is -2.14. The minimum absolute atomic E-state index is 0.347. The SMILES string of the molecule is Cc1c(F)ccc2nc([C@H](C)NC(=O)O)n(-c3ccccn3)c12. The number of carbonyl (C=O) groups is 1. The molecule has 0 unspecified atom stereocenters. The molecule has 0 bridgehead atoms. The van der Waals surface area contributed by atoms with E-state index in [2.05, 4.69) is 15.3 Å². The van der Waals surface area contributed by atoms with Gasteiger partial charge in [0, 0.05) is 11.8 Å². The maximum Gasteiger partial charge on any atom is 0.405 e. The van der Waals surface area contributed by atoms with Crippen molar-refractivity contribution in [2.75, 3.05) is 0 Å². The fourth-order valence-electron chi connectivity index (χ4n) is 2.58. The second kappa shape index (κ2) is 5.68. The fourth-order valence-corrected chi connectivity index (χ4v) is 2.58. The van der Waals surface area contributed by atoms with E-state index in [0.29, 0.717) is 28.2 Å². The van der Waals surface area contributed by atoms with Gasteiger partial charge in [-0.2, -0.15) is 0 Å². The van der Waals surface area contributed by atoms with Crippen molar-refractivity contribution in [2.45, 2.75) is 19.9 Å². The monoisotopic (exact) mass is 314 g/mol. The molecular weight excluding hydrogens is 299 g/mol. The minimum Gasteiger partial charge on any atom is -0.465 e. The molecule has 3 rings (SSSR count). The van der Waals surface area contributed by atoms with Crippen LogP contribution in [0.3, 0.4) is 0 Å². The molecule has 0 radical (unpaired) electrons. The summed E-state index contributed by atoms with van der Waals surface area (Å²) in [6.07, 6.45) is 0.467. The van der Waals surface area contributed by atoms with Gasteiger partial charge in [0.1, 0.15) is 17.5 Å². The molecule has 2 N–H and O–H groups in total. The van der Waals surface area contributed by atoms with Crippen LogP contribution in [0.2, 0.25) is 0 Å². The Kier molecular flexibility index (Phi) is 3.69. The van der Waals surface area contributed by atoms with E-state index in [4.69, 9.17) is 5.11 Å². The first-order valence-electron chi connectivity index (χ1n) is 7.07. The maximum atomic E-state index is 14.0. The van der Waals surface area contributed by atoms with Gasteiger partial charge in [-0.15, -0.1) is 0 Å². The molecule has 3 aromatic rings. The molecule has 1 aromatic carbocycles. The zero-order valence-corrected chi connectivity index (χ0v) is 12.6. The van der Waals surface area contributed by atoms with Crippen molar-refractivity contribution in [3.05, 3.63) is 53.7 Å². The molecule has 0 saturated carbocycles. The number of benzene rings is 1. The van der Waals surface area contributed by atoms with E-state index >= 15 is 0 Å². The number of rotatable bonds is 3. The van der Waals surface area contributed by atoms with Gasteiger partial charge < -0.3 is 10.4 Å². The van der Waals surface area contributed by atoms with Crippen LogP contribution in [0.25, 0.3) is 16.9 Å². The van der Waals surface area contributed by atoms with Gasteiger partial charge >= 0.3 is 6.09 Å². The summed E-state index contributed by atoms with van der Waals surface area (Å²) < 4.78 is 15.7. The third kappa shape index (κ3) is 2.61. The van der Waals surface area contributed by atoms with Crippen LogP contribution in [-0.2, 0) is 0 Å². The number of pyridine rings is 1. The Morgan fingerprint density at radius 2 is 2.13 bits per heavy atom. The molecule has 0 aliphatic carbocycles. The van der Waals surface area contributed by atoms with Crippen LogP contribution in [0.15, 0.2) is 36.5 Å². The number of hydrogen-bond acceptors (Lipinski definition) is 3.